The second-order valence-electron chi connectivity index (χ2n) is 3.83. The maximum Gasteiger partial charge on any atom is 0.0776 e. The lowest BCUT2D eigenvalue weighted by Crippen LogP contribution is -2.45. The molecule has 0 aromatic heterocycles. The molecule has 0 N–H and O–H groups in total. The number of piperidine rings is 1. The molecule has 0 amide bonds. The second-order valence-corrected chi connectivity index (χ2v) is 4.37. The van der Waals surface area contributed by atoms with Crippen LogP contribution in [-0.2, 0) is 0 Å². The summed E-state index contributed by atoms with van der Waals surface area (Å²) in [6.45, 7) is 6.87. The van der Waals surface area contributed by atoms with E-state index in [9.17, 15) is 0 Å². The number of halogens is 1. The molecule has 0 bridgehead atoms. The number of hydrogen-bond acceptors (Lipinski definition) is 1. The van der Waals surface area contributed by atoms with Crippen molar-refractivity contribution in [2.24, 2.45) is 0 Å². The Labute approximate surface area is 89.0 Å². The minimum absolute atomic E-state index is 0.0849. The number of hydrogen-bond donors (Lipinski definition) is 0. The van der Waals surface area contributed by atoms with Gasteiger partial charge in [0.25, 0.3) is 0 Å². The fraction of sp³-hybridized carbons (Fsp3) is 0.800. The van der Waals surface area contributed by atoms with Gasteiger partial charge in [0.15, 0.2) is 0 Å². The molecule has 0 saturated carbocycles. The predicted octanol–water partition coefficient (Wildman–Crippen LogP) is 2.65. The van der Waals surface area contributed by atoms with Crippen LogP contribution in [0.3, 0.4) is 0 Å². The topological polar surface area (TPSA) is 3.24 Å². The summed E-state index contributed by atoms with van der Waals surface area (Å²) in [4.78, 5) is 2.49. The quantitative estimate of drug-likeness (QED) is 0.526. The van der Waals surface area contributed by atoms with Gasteiger partial charge in [0.2, 0.25) is 0 Å². The number of rotatable bonds is 1. The summed E-state index contributed by atoms with van der Waals surface area (Å²) in [7, 11) is 0. The molecule has 2 heteroatoms. The molecule has 0 aromatic rings. The molecule has 0 spiro atoms. The van der Waals surface area contributed by atoms with Crippen molar-refractivity contribution in [3.05, 3.63) is 0 Å². The zero-order valence-corrected chi connectivity index (χ0v) is 10.0. The molecule has 1 saturated heterocycles. The van der Waals surface area contributed by atoms with Crippen molar-refractivity contribution in [2.75, 3.05) is 13.1 Å². The van der Waals surface area contributed by atoms with Gasteiger partial charge in [0.05, 0.1) is 5.54 Å². The molecule has 68 valence electrons. The van der Waals surface area contributed by atoms with Gasteiger partial charge in [0, 0.05) is 22.6 Å². The van der Waals surface area contributed by atoms with Crippen LogP contribution < -0.4 is 0 Å². The van der Waals surface area contributed by atoms with E-state index in [1.54, 1.807) is 0 Å². The first-order valence-corrected chi connectivity index (χ1v) is 5.62. The normalized spacial score (nSPS) is 19.9. The minimum Gasteiger partial charge on any atom is -0.288 e. The maximum atomic E-state index is 3.25. The molecule has 1 aliphatic rings. The molecule has 0 atom stereocenters. The Morgan fingerprint density at radius 3 is 2.25 bits per heavy atom. The predicted molar refractivity (Wildman–Crippen MR) is 61.3 cm³/mol. The summed E-state index contributed by atoms with van der Waals surface area (Å²) in [5, 5.41) is 0. The van der Waals surface area contributed by atoms with Gasteiger partial charge in [-0.05, 0) is 43.7 Å². The summed E-state index contributed by atoms with van der Waals surface area (Å²) in [5.41, 5.74) is 0.0849. The van der Waals surface area contributed by atoms with E-state index in [0.717, 1.165) is 0 Å². The lowest BCUT2D eigenvalue weighted by atomic mass is 10.00. The number of nitrogens with zero attached hydrogens (tertiary/aromatic N) is 1. The summed E-state index contributed by atoms with van der Waals surface area (Å²) < 4.78 is 2.98. The van der Waals surface area contributed by atoms with Crippen molar-refractivity contribution in [3.8, 4) is 9.85 Å². The monoisotopic (exact) mass is 277 g/mol. The summed E-state index contributed by atoms with van der Waals surface area (Å²) in [6.07, 6.45) is 4.07. The van der Waals surface area contributed by atoms with Gasteiger partial charge in [-0.25, -0.2) is 0 Å². The Morgan fingerprint density at radius 2 is 1.75 bits per heavy atom. The first-order chi connectivity index (χ1) is 5.67. The zero-order chi connectivity index (χ0) is 9.03. The van der Waals surface area contributed by atoms with E-state index >= 15 is 0 Å². The van der Waals surface area contributed by atoms with Gasteiger partial charge >= 0.3 is 0 Å². The van der Waals surface area contributed by atoms with Crippen LogP contribution in [0.4, 0.5) is 0 Å². The molecule has 0 aromatic carbocycles. The van der Waals surface area contributed by atoms with Crippen LogP contribution in [-0.4, -0.2) is 23.5 Å². The lowest BCUT2D eigenvalue weighted by molar-refractivity contribution is 0.139. The molecule has 1 aliphatic heterocycles. The third-order valence-corrected chi connectivity index (χ3v) is 2.77. The van der Waals surface area contributed by atoms with Crippen LogP contribution in [0, 0.1) is 9.85 Å². The highest BCUT2D eigenvalue weighted by atomic mass is 127. The molecule has 12 heavy (non-hydrogen) atoms. The average molecular weight is 277 g/mol. The van der Waals surface area contributed by atoms with E-state index in [1.165, 1.54) is 32.4 Å². The standard InChI is InChI=1S/C10H16IN/c1-10(2,6-7-11)12-8-4-3-5-9-12/h3-5,8-9H2,1-2H3. The van der Waals surface area contributed by atoms with Crippen molar-refractivity contribution in [2.45, 2.75) is 38.6 Å². The molecule has 1 nitrogen and oxygen atoms in total. The van der Waals surface area contributed by atoms with Crippen LogP contribution in [0.25, 0.3) is 0 Å². The van der Waals surface area contributed by atoms with Gasteiger partial charge in [-0.15, -0.1) is 0 Å². The van der Waals surface area contributed by atoms with Crippen LogP contribution in [0.5, 0.6) is 0 Å². The Balaban J connectivity index is 2.57. The van der Waals surface area contributed by atoms with E-state index in [1.807, 2.05) is 0 Å². The Kier molecular flexibility index (Phi) is 3.85. The average Bonchev–Trinajstić information content (AvgIpc) is 2.06. The van der Waals surface area contributed by atoms with Crippen molar-refractivity contribution < 1.29 is 0 Å². The highest BCUT2D eigenvalue weighted by molar-refractivity contribution is 14.1. The highest BCUT2D eigenvalue weighted by Gasteiger charge is 2.25. The van der Waals surface area contributed by atoms with Crippen molar-refractivity contribution in [1.29, 1.82) is 0 Å². The highest BCUT2D eigenvalue weighted by Crippen LogP contribution is 2.19. The van der Waals surface area contributed by atoms with Gasteiger partial charge in [-0.3, -0.25) is 4.90 Å². The SMILES string of the molecule is CC(C)(C#CI)N1CCCCC1. The first-order valence-electron chi connectivity index (χ1n) is 4.55. The van der Waals surface area contributed by atoms with Crippen molar-refractivity contribution in [1.82, 2.24) is 4.90 Å². The van der Waals surface area contributed by atoms with E-state index in [0.29, 0.717) is 0 Å². The molecule has 1 fully saturated rings. The molecule has 0 aliphatic carbocycles. The van der Waals surface area contributed by atoms with E-state index < -0.39 is 0 Å². The van der Waals surface area contributed by atoms with Gasteiger partial charge in [0.1, 0.15) is 0 Å². The maximum absolute atomic E-state index is 3.25. The minimum atomic E-state index is 0.0849. The van der Waals surface area contributed by atoms with Crippen LogP contribution >= 0.6 is 22.6 Å². The lowest BCUT2D eigenvalue weighted by Gasteiger charge is -2.37. The summed E-state index contributed by atoms with van der Waals surface area (Å²) in [6, 6.07) is 0. The molecule has 1 heterocycles. The Morgan fingerprint density at radius 1 is 1.17 bits per heavy atom. The van der Waals surface area contributed by atoms with Gasteiger partial charge in [-0.1, -0.05) is 12.3 Å². The third-order valence-electron chi connectivity index (χ3n) is 2.50. The summed E-state index contributed by atoms with van der Waals surface area (Å²) in [5.74, 6) is 3.25. The van der Waals surface area contributed by atoms with E-state index in [-0.39, 0.29) is 5.54 Å². The van der Waals surface area contributed by atoms with Crippen LogP contribution in [0.2, 0.25) is 0 Å². The molecule has 0 radical (unpaired) electrons. The van der Waals surface area contributed by atoms with E-state index in [4.69, 9.17) is 0 Å². The fourth-order valence-corrected chi connectivity index (χ4v) is 2.31. The van der Waals surface area contributed by atoms with Crippen LogP contribution in [0.15, 0.2) is 0 Å². The number of likely N-dealkylation sites (tertiary alicyclic amines) is 1. The Bertz CT molecular complexity index is 194. The third kappa shape index (κ3) is 2.63. The van der Waals surface area contributed by atoms with Gasteiger partial charge < -0.3 is 0 Å². The first kappa shape index (κ1) is 10.3. The molecular weight excluding hydrogens is 261 g/mol. The van der Waals surface area contributed by atoms with E-state index in [2.05, 4.69) is 51.2 Å². The largest absolute Gasteiger partial charge is 0.288 e. The smallest absolute Gasteiger partial charge is 0.0776 e. The fourth-order valence-electron chi connectivity index (χ4n) is 1.65. The van der Waals surface area contributed by atoms with Crippen molar-refractivity contribution in [3.63, 3.8) is 0 Å². The Hall–Kier alpha value is 0.250. The molecule has 0 unspecified atom stereocenters. The summed E-state index contributed by atoms with van der Waals surface area (Å²) >= 11 is 2.12. The van der Waals surface area contributed by atoms with Gasteiger partial charge in [-0.2, -0.15) is 0 Å². The second kappa shape index (κ2) is 4.48. The zero-order valence-electron chi connectivity index (χ0n) is 7.86. The molecule has 1 rings (SSSR count). The molecular formula is C10H16IN. The van der Waals surface area contributed by atoms with Crippen LogP contribution in [0.1, 0.15) is 33.1 Å². The van der Waals surface area contributed by atoms with Crippen molar-refractivity contribution >= 4 is 22.6 Å².